The van der Waals surface area contributed by atoms with Crippen LogP contribution in [-0.2, 0) is 6.42 Å². The molecular weight excluding hydrogens is 354 g/mol. The number of nitrogens with one attached hydrogen (secondary N) is 1. The molecule has 1 heterocycles. The number of pyridine rings is 1. The molecular formula is C15H16FIN2. The maximum atomic E-state index is 13.1. The number of halogens is 2. The van der Waals surface area contributed by atoms with Crippen molar-refractivity contribution in [1.82, 2.24) is 10.3 Å². The lowest BCUT2D eigenvalue weighted by Crippen LogP contribution is -2.20. The van der Waals surface area contributed by atoms with Crippen molar-refractivity contribution in [2.75, 3.05) is 7.05 Å². The van der Waals surface area contributed by atoms with E-state index >= 15 is 0 Å². The Kier molecular flexibility index (Phi) is 4.87. The Morgan fingerprint density at radius 3 is 2.68 bits per heavy atom. The van der Waals surface area contributed by atoms with E-state index in [1.165, 1.54) is 6.07 Å². The van der Waals surface area contributed by atoms with Gasteiger partial charge in [0, 0.05) is 27.9 Å². The summed E-state index contributed by atoms with van der Waals surface area (Å²) in [4.78, 5) is 4.42. The molecule has 1 unspecified atom stereocenters. The van der Waals surface area contributed by atoms with Gasteiger partial charge >= 0.3 is 0 Å². The Labute approximate surface area is 126 Å². The summed E-state index contributed by atoms with van der Waals surface area (Å²) in [6.07, 6.45) is 2.66. The van der Waals surface area contributed by atoms with Gasteiger partial charge in [0.15, 0.2) is 0 Å². The van der Waals surface area contributed by atoms with E-state index in [1.807, 2.05) is 32.3 Å². The Hall–Kier alpha value is -1.01. The van der Waals surface area contributed by atoms with E-state index < -0.39 is 0 Å². The van der Waals surface area contributed by atoms with Gasteiger partial charge in [-0.2, -0.15) is 0 Å². The van der Waals surface area contributed by atoms with Crippen LogP contribution in [0.15, 0.2) is 36.5 Å². The highest BCUT2D eigenvalue weighted by molar-refractivity contribution is 14.1. The molecule has 2 rings (SSSR count). The molecule has 0 radical (unpaired) electrons. The summed E-state index contributed by atoms with van der Waals surface area (Å²) in [6, 6.07) is 9.14. The molecule has 19 heavy (non-hydrogen) atoms. The molecule has 1 N–H and O–H groups in total. The molecule has 0 fully saturated rings. The molecule has 0 spiro atoms. The summed E-state index contributed by atoms with van der Waals surface area (Å²) in [5.41, 5.74) is 3.29. The molecule has 0 bridgehead atoms. The van der Waals surface area contributed by atoms with Gasteiger partial charge in [-0.1, -0.05) is 12.1 Å². The SMILES string of the molecule is CNC(Cc1ccc(C)cn1)c1ccc(F)cc1I. The largest absolute Gasteiger partial charge is 0.313 e. The fraction of sp³-hybridized carbons (Fsp3) is 0.267. The van der Waals surface area contributed by atoms with Gasteiger partial charge in [-0.3, -0.25) is 4.98 Å². The number of hydrogen-bond acceptors (Lipinski definition) is 2. The van der Waals surface area contributed by atoms with Gasteiger partial charge < -0.3 is 5.32 Å². The van der Waals surface area contributed by atoms with E-state index in [9.17, 15) is 4.39 Å². The van der Waals surface area contributed by atoms with Crippen LogP contribution in [0.4, 0.5) is 4.39 Å². The molecule has 100 valence electrons. The highest BCUT2D eigenvalue weighted by Gasteiger charge is 2.14. The fourth-order valence-electron chi connectivity index (χ4n) is 1.98. The van der Waals surface area contributed by atoms with E-state index in [-0.39, 0.29) is 11.9 Å². The van der Waals surface area contributed by atoms with Gasteiger partial charge in [-0.05, 0) is 65.9 Å². The van der Waals surface area contributed by atoms with Crippen LogP contribution in [0.5, 0.6) is 0 Å². The van der Waals surface area contributed by atoms with Crippen LogP contribution >= 0.6 is 22.6 Å². The Morgan fingerprint density at radius 1 is 1.32 bits per heavy atom. The van der Waals surface area contributed by atoms with Crippen molar-refractivity contribution in [3.8, 4) is 0 Å². The highest BCUT2D eigenvalue weighted by atomic mass is 127. The highest BCUT2D eigenvalue weighted by Crippen LogP contribution is 2.23. The minimum Gasteiger partial charge on any atom is -0.313 e. The average Bonchev–Trinajstić information content (AvgIpc) is 2.39. The predicted molar refractivity (Wildman–Crippen MR) is 83.6 cm³/mol. The second-order valence-electron chi connectivity index (χ2n) is 4.54. The van der Waals surface area contributed by atoms with Crippen LogP contribution in [-0.4, -0.2) is 12.0 Å². The van der Waals surface area contributed by atoms with E-state index in [0.717, 1.165) is 26.8 Å². The van der Waals surface area contributed by atoms with Crippen LogP contribution in [0.25, 0.3) is 0 Å². The molecule has 1 aromatic carbocycles. The zero-order valence-electron chi connectivity index (χ0n) is 11.0. The van der Waals surface area contributed by atoms with E-state index in [4.69, 9.17) is 0 Å². The molecule has 0 saturated carbocycles. The van der Waals surface area contributed by atoms with Crippen LogP contribution in [0.3, 0.4) is 0 Å². The molecule has 1 aromatic heterocycles. The molecule has 0 amide bonds. The fourth-order valence-corrected chi connectivity index (χ4v) is 2.83. The molecule has 1 atom stereocenters. The van der Waals surface area contributed by atoms with Gasteiger partial charge in [0.2, 0.25) is 0 Å². The molecule has 2 nitrogen and oxygen atoms in total. The lowest BCUT2D eigenvalue weighted by Gasteiger charge is -2.18. The van der Waals surface area contributed by atoms with Crippen LogP contribution in [0.2, 0.25) is 0 Å². The zero-order valence-corrected chi connectivity index (χ0v) is 13.1. The zero-order chi connectivity index (χ0) is 13.8. The van der Waals surface area contributed by atoms with Gasteiger partial charge in [-0.25, -0.2) is 4.39 Å². The monoisotopic (exact) mass is 370 g/mol. The lowest BCUT2D eigenvalue weighted by atomic mass is 10.0. The van der Waals surface area contributed by atoms with E-state index in [2.05, 4.69) is 39.0 Å². The average molecular weight is 370 g/mol. The van der Waals surface area contributed by atoms with Crippen molar-refractivity contribution in [3.63, 3.8) is 0 Å². The first-order valence-electron chi connectivity index (χ1n) is 6.14. The van der Waals surface area contributed by atoms with Gasteiger partial charge in [0.05, 0.1) is 0 Å². The maximum Gasteiger partial charge on any atom is 0.124 e. The Bertz CT molecular complexity index is 555. The Balaban J connectivity index is 2.22. The lowest BCUT2D eigenvalue weighted by molar-refractivity contribution is 0.576. The molecule has 0 aliphatic carbocycles. The number of rotatable bonds is 4. The molecule has 0 saturated heterocycles. The van der Waals surface area contributed by atoms with Crippen LogP contribution in [0, 0.1) is 16.3 Å². The summed E-state index contributed by atoms with van der Waals surface area (Å²) < 4.78 is 14.1. The van der Waals surface area contributed by atoms with Gasteiger partial charge in [-0.15, -0.1) is 0 Å². The van der Waals surface area contributed by atoms with Gasteiger partial charge in [0.25, 0.3) is 0 Å². The standard InChI is InChI=1S/C15H16FIN2/c1-10-3-5-12(19-9-10)8-15(18-2)13-6-4-11(16)7-14(13)17/h3-7,9,15,18H,8H2,1-2H3. The molecule has 2 aromatic rings. The minimum absolute atomic E-state index is 0.141. The third-order valence-corrected chi connectivity index (χ3v) is 4.01. The molecule has 0 aliphatic heterocycles. The van der Waals surface area contributed by atoms with Crippen molar-refractivity contribution >= 4 is 22.6 Å². The minimum atomic E-state index is -0.198. The smallest absolute Gasteiger partial charge is 0.124 e. The topological polar surface area (TPSA) is 24.9 Å². The number of likely N-dealkylation sites (N-methyl/N-ethyl adjacent to an activating group) is 1. The van der Waals surface area contributed by atoms with Crippen molar-refractivity contribution in [3.05, 3.63) is 62.7 Å². The number of aromatic nitrogens is 1. The number of aryl methyl sites for hydroxylation is 1. The summed E-state index contributed by atoms with van der Waals surface area (Å²) in [6.45, 7) is 2.02. The third-order valence-electron chi connectivity index (χ3n) is 3.07. The van der Waals surface area contributed by atoms with E-state index in [1.54, 1.807) is 6.07 Å². The second-order valence-corrected chi connectivity index (χ2v) is 5.70. The normalized spacial score (nSPS) is 12.4. The summed E-state index contributed by atoms with van der Waals surface area (Å²) >= 11 is 2.17. The second kappa shape index (κ2) is 6.43. The first-order chi connectivity index (χ1) is 9.10. The first-order valence-corrected chi connectivity index (χ1v) is 7.22. The quantitative estimate of drug-likeness (QED) is 0.832. The van der Waals surface area contributed by atoms with Crippen LogP contribution in [0.1, 0.15) is 22.9 Å². The predicted octanol–water partition coefficient (Wildman–Crippen LogP) is 3.64. The first kappa shape index (κ1) is 14.4. The van der Waals surface area contributed by atoms with Gasteiger partial charge in [0.1, 0.15) is 5.82 Å². The van der Waals surface area contributed by atoms with Crippen molar-refractivity contribution in [1.29, 1.82) is 0 Å². The molecule has 0 aliphatic rings. The molecule has 4 heteroatoms. The number of hydrogen-bond donors (Lipinski definition) is 1. The van der Waals surface area contributed by atoms with Crippen molar-refractivity contribution in [2.45, 2.75) is 19.4 Å². The van der Waals surface area contributed by atoms with E-state index in [0.29, 0.717) is 0 Å². The van der Waals surface area contributed by atoms with Crippen molar-refractivity contribution < 1.29 is 4.39 Å². The summed E-state index contributed by atoms with van der Waals surface area (Å²) in [7, 11) is 1.91. The maximum absolute atomic E-state index is 13.1. The summed E-state index contributed by atoms with van der Waals surface area (Å²) in [5, 5.41) is 3.27. The number of benzene rings is 1. The summed E-state index contributed by atoms with van der Waals surface area (Å²) in [5.74, 6) is -0.198. The van der Waals surface area contributed by atoms with Crippen LogP contribution < -0.4 is 5.32 Å². The number of nitrogens with zero attached hydrogens (tertiary/aromatic N) is 1. The third kappa shape index (κ3) is 3.73. The van der Waals surface area contributed by atoms with Crippen molar-refractivity contribution in [2.24, 2.45) is 0 Å². The Morgan fingerprint density at radius 2 is 2.11 bits per heavy atom.